The summed E-state index contributed by atoms with van der Waals surface area (Å²) in [7, 11) is 1.57. The first-order valence-corrected chi connectivity index (χ1v) is 11.0. The van der Waals surface area contributed by atoms with E-state index in [0.29, 0.717) is 34.2 Å². The largest absolute Gasteiger partial charge is 0.494 e. The van der Waals surface area contributed by atoms with Gasteiger partial charge in [0.25, 0.3) is 5.91 Å². The fourth-order valence-corrected chi connectivity index (χ4v) is 3.84. The van der Waals surface area contributed by atoms with E-state index in [1.54, 1.807) is 47.8 Å². The summed E-state index contributed by atoms with van der Waals surface area (Å²) in [6, 6.07) is 22.9. The van der Waals surface area contributed by atoms with Crippen LogP contribution in [0.5, 0.6) is 5.75 Å². The van der Waals surface area contributed by atoms with E-state index in [1.165, 1.54) is 0 Å². The van der Waals surface area contributed by atoms with Crippen LogP contribution in [0.25, 0.3) is 22.6 Å². The van der Waals surface area contributed by atoms with Crippen molar-refractivity contribution in [1.82, 2.24) is 30.0 Å². The minimum absolute atomic E-state index is 0.284. The van der Waals surface area contributed by atoms with Crippen LogP contribution in [0.4, 0.5) is 5.69 Å². The molecule has 35 heavy (non-hydrogen) atoms. The summed E-state index contributed by atoms with van der Waals surface area (Å²) in [6.45, 7) is 3.80. The average molecular weight is 466 g/mol. The normalized spacial score (nSPS) is 10.8. The van der Waals surface area contributed by atoms with Gasteiger partial charge in [-0.2, -0.15) is 9.78 Å². The third-order valence-corrected chi connectivity index (χ3v) is 5.56. The van der Waals surface area contributed by atoms with Gasteiger partial charge in [0.15, 0.2) is 5.82 Å². The molecule has 3 aromatic carbocycles. The maximum absolute atomic E-state index is 13.5. The predicted octanol–water partition coefficient (Wildman–Crippen LogP) is 4.39. The van der Waals surface area contributed by atoms with Crippen LogP contribution >= 0.6 is 0 Å². The van der Waals surface area contributed by atoms with Gasteiger partial charge in [0.05, 0.1) is 18.4 Å². The van der Waals surface area contributed by atoms with E-state index in [1.807, 2.05) is 61.5 Å². The van der Waals surface area contributed by atoms with Crippen LogP contribution in [0.15, 0.2) is 79.0 Å². The zero-order valence-electron chi connectivity index (χ0n) is 19.5. The van der Waals surface area contributed by atoms with Crippen molar-refractivity contribution in [1.29, 1.82) is 0 Å². The fourth-order valence-electron chi connectivity index (χ4n) is 3.84. The first-order chi connectivity index (χ1) is 17.0. The van der Waals surface area contributed by atoms with Gasteiger partial charge in [-0.1, -0.05) is 42.0 Å². The van der Waals surface area contributed by atoms with Crippen LogP contribution in [0.1, 0.15) is 21.7 Å². The van der Waals surface area contributed by atoms with Crippen LogP contribution in [0.3, 0.4) is 0 Å². The van der Waals surface area contributed by atoms with Crippen molar-refractivity contribution >= 4 is 11.6 Å². The molecule has 0 aliphatic rings. The average Bonchev–Trinajstić information content (AvgIpc) is 3.51. The number of anilines is 1. The molecule has 0 bridgehead atoms. The van der Waals surface area contributed by atoms with Crippen molar-refractivity contribution in [3.63, 3.8) is 0 Å². The minimum Gasteiger partial charge on any atom is -0.494 e. The molecule has 5 aromatic rings. The third kappa shape index (κ3) is 4.39. The van der Waals surface area contributed by atoms with Crippen LogP contribution in [-0.2, 0) is 0 Å². The number of rotatable bonds is 6. The molecule has 0 aliphatic carbocycles. The van der Waals surface area contributed by atoms with Gasteiger partial charge in [0.1, 0.15) is 17.1 Å². The topological polar surface area (TPSA) is 99.8 Å². The van der Waals surface area contributed by atoms with Crippen molar-refractivity contribution in [2.45, 2.75) is 13.8 Å². The standard InChI is InChI=1S/C26H23N7O2/c1-17-8-7-9-19(14-17)25-22(16-32(29-25)21-10-5-4-6-11-21)26(34)27-20-12-13-24(35-3)23(15-20)33-18(2)28-30-31-33/h4-16H,1-3H3,(H,27,34). The lowest BCUT2D eigenvalue weighted by molar-refractivity contribution is 0.102. The Kier molecular flexibility index (Phi) is 5.80. The highest BCUT2D eigenvalue weighted by molar-refractivity contribution is 6.08. The molecule has 0 saturated heterocycles. The number of amides is 1. The quantitative estimate of drug-likeness (QED) is 0.399. The van der Waals surface area contributed by atoms with Gasteiger partial charge in [-0.15, -0.1) is 5.10 Å². The number of carbonyl (C=O) groups is 1. The summed E-state index contributed by atoms with van der Waals surface area (Å²) < 4.78 is 8.74. The third-order valence-electron chi connectivity index (χ3n) is 5.56. The van der Waals surface area contributed by atoms with Crippen molar-refractivity contribution in [3.8, 4) is 28.4 Å². The number of benzene rings is 3. The molecular weight excluding hydrogens is 442 g/mol. The maximum Gasteiger partial charge on any atom is 0.259 e. The Morgan fingerprint density at radius 3 is 2.51 bits per heavy atom. The molecule has 174 valence electrons. The van der Waals surface area contributed by atoms with E-state index in [0.717, 1.165) is 16.8 Å². The Morgan fingerprint density at radius 2 is 1.80 bits per heavy atom. The molecule has 0 fully saturated rings. The highest BCUT2D eigenvalue weighted by Crippen LogP contribution is 2.29. The van der Waals surface area contributed by atoms with Crippen molar-refractivity contribution in [3.05, 3.63) is 95.9 Å². The summed E-state index contributed by atoms with van der Waals surface area (Å²) in [5, 5.41) is 19.4. The number of hydrogen-bond acceptors (Lipinski definition) is 6. The highest BCUT2D eigenvalue weighted by Gasteiger charge is 2.20. The molecule has 1 N–H and O–H groups in total. The van der Waals surface area contributed by atoms with E-state index in [9.17, 15) is 4.79 Å². The Labute approximate surface area is 202 Å². The van der Waals surface area contributed by atoms with Gasteiger partial charge in [0, 0.05) is 17.4 Å². The second-order valence-corrected chi connectivity index (χ2v) is 8.02. The zero-order valence-corrected chi connectivity index (χ0v) is 19.5. The molecular formula is C26H23N7O2. The molecule has 1 amide bonds. The van der Waals surface area contributed by atoms with Crippen molar-refractivity contribution < 1.29 is 9.53 Å². The summed E-state index contributed by atoms with van der Waals surface area (Å²) >= 11 is 0. The lowest BCUT2D eigenvalue weighted by Crippen LogP contribution is -2.13. The first kappa shape index (κ1) is 22.0. The number of tetrazole rings is 1. The number of aryl methyl sites for hydroxylation is 2. The molecule has 0 radical (unpaired) electrons. The zero-order chi connectivity index (χ0) is 24.4. The van der Waals surface area contributed by atoms with Gasteiger partial charge in [-0.25, -0.2) is 4.68 Å². The smallest absolute Gasteiger partial charge is 0.259 e. The number of ether oxygens (including phenoxy) is 1. The monoisotopic (exact) mass is 465 g/mol. The lowest BCUT2D eigenvalue weighted by Gasteiger charge is -2.12. The minimum atomic E-state index is -0.284. The molecule has 0 spiro atoms. The second kappa shape index (κ2) is 9.22. The van der Waals surface area contributed by atoms with E-state index in [-0.39, 0.29) is 5.91 Å². The molecule has 0 atom stereocenters. The van der Waals surface area contributed by atoms with Crippen LogP contribution in [0, 0.1) is 13.8 Å². The number of methoxy groups -OCH3 is 1. The number of hydrogen-bond donors (Lipinski definition) is 1. The summed E-state index contributed by atoms with van der Waals surface area (Å²) in [4.78, 5) is 13.5. The molecule has 2 heterocycles. The number of nitrogens with one attached hydrogen (secondary N) is 1. The molecule has 5 rings (SSSR count). The second-order valence-electron chi connectivity index (χ2n) is 8.02. The molecule has 9 nitrogen and oxygen atoms in total. The summed E-state index contributed by atoms with van der Waals surface area (Å²) in [5.74, 6) is 0.890. The van der Waals surface area contributed by atoms with Gasteiger partial charge in [-0.05, 0) is 60.7 Å². The van der Waals surface area contributed by atoms with Crippen molar-refractivity contribution in [2.24, 2.45) is 0 Å². The highest BCUT2D eigenvalue weighted by atomic mass is 16.5. The molecule has 0 unspecified atom stereocenters. The number of carbonyl (C=O) groups excluding carboxylic acids is 1. The van der Waals surface area contributed by atoms with E-state index in [2.05, 4.69) is 20.8 Å². The van der Waals surface area contributed by atoms with Crippen LogP contribution in [0.2, 0.25) is 0 Å². The SMILES string of the molecule is COc1ccc(NC(=O)c2cn(-c3ccccc3)nc2-c2cccc(C)c2)cc1-n1nnnc1C. The van der Waals surface area contributed by atoms with Crippen LogP contribution in [-0.4, -0.2) is 43.0 Å². The van der Waals surface area contributed by atoms with Gasteiger partial charge < -0.3 is 10.1 Å². The summed E-state index contributed by atoms with van der Waals surface area (Å²) in [6.07, 6.45) is 1.75. The van der Waals surface area contributed by atoms with E-state index >= 15 is 0 Å². The Balaban J connectivity index is 1.54. The van der Waals surface area contributed by atoms with Gasteiger partial charge in [-0.3, -0.25) is 4.79 Å². The Bertz CT molecular complexity index is 1510. The van der Waals surface area contributed by atoms with Crippen LogP contribution < -0.4 is 10.1 Å². The van der Waals surface area contributed by atoms with Gasteiger partial charge >= 0.3 is 0 Å². The maximum atomic E-state index is 13.5. The molecule has 2 aromatic heterocycles. The Hall–Kier alpha value is -4.79. The number of nitrogens with zero attached hydrogens (tertiary/aromatic N) is 6. The van der Waals surface area contributed by atoms with Gasteiger partial charge in [0.2, 0.25) is 0 Å². The lowest BCUT2D eigenvalue weighted by atomic mass is 10.1. The predicted molar refractivity (Wildman–Crippen MR) is 132 cm³/mol. The Morgan fingerprint density at radius 1 is 0.971 bits per heavy atom. The van der Waals surface area contributed by atoms with E-state index in [4.69, 9.17) is 9.84 Å². The number of aromatic nitrogens is 6. The first-order valence-electron chi connectivity index (χ1n) is 11.0. The molecule has 0 aliphatic heterocycles. The number of para-hydroxylation sites is 1. The molecule has 9 heteroatoms. The summed E-state index contributed by atoms with van der Waals surface area (Å²) in [5.41, 5.74) is 5.05. The fraction of sp³-hybridized carbons (Fsp3) is 0.115. The van der Waals surface area contributed by atoms with Crippen molar-refractivity contribution in [2.75, 3.05) is 12.4 Å². The molecule has 0 saturated carbocycles. The van der Waals surface area contributed by atoms with E-state index < -0.39 is 0 Å².